The monoisotopic (exact) mass is 225 g/mol. The molecule has 0 spiro atoms. The average Bonchev–Trinajstić information content (AvgIpc) is 3.04. The molecule has 0 amide bonds. The number of piperidine rings is 1. The molecule has 4 atom stereocenters. The molecule has 0 radical (unpaired) electrons. The van der Waals surface area contributed by atoms with Crippen molar-refractivity contribution in [3.8, 4) is 0 Å². The van der Waals surface area contributed by atoms with E-state index in [1.807, 2.05) is 4.90 Å². The Bertz CT molecular complexity index is 354. The lowest BCUT2D eigenvalue weighted by atomic mass is 9.97. The molecule has 5 heteroatoms. The van der Waals surface area contributed by atoms with Crippen molar-refractivity contribution in [1.29, 1.82) is 0 Å². The van der Waals surface area contributed by atoms with Crippen LogP contribution in [0, 0.1) is 0 Å². The van der Waals surface area contributed by atoms with Crippen LogP contribution in [0.1, 0.15) is 12.8 Å². The number of carbonyl (C=O) groups is 1. The van der Waals surface area contributed by atoms with E-state index in [9.17, 15) is 15.0 Å². The number of epoxide rings is 1. The number of aliphatic hydroxyl groups is 2. The summed E-state index contributed by atoms with van der Waals surface area (Å²) in [5.41, 5.74) is 0.613. The summed E-state index contributed by atoms with van der Waals surface area (Å²) in [7, 11) is 0. The summed E-state index contributed by atoms with van der Waals surface area (Å²) >= 11 is 0. The Morgan fingerprint density at radius 2 is 2.25 bits per heavy atom. The highest BCUT2D eigenvalue weighted by Crippen LogP contribution is 2.36. The van der Waals surface area contributed by atoms with Crippen molar-refractivity contribution in [1.82, 2.24) is 4.90 Å². The molecule has 16 heavy (non-hydrogen) atoms. The first kappa shape index (κ1) is 10.3. The predicted octanol–water partition coefficient (Wildman–Crippen LogP) is -0.962. The molecule has 0 saturated carbocycles. The van der Waals surface area contributed by atoms with E-state index in [0.717, 1.165) is 19.4 Å². The molecule has 4 unspecified atom stereocenters. The predicted molar refractivity (Wildman–Crippen MR) is 54.6 cm³/mol. The van der Waals surface area contributed by atoms with Gasteiger partial charge in [-0.25, -0.2) is 0 Å². The Morgan fingerprint density at radius 1 is 1.44 bits per heavy atom. The average molecular weight is 225 g/mol. The second-order valence-electron chi connectivity index (χ2n) is 4.68. The van der Waals surface area contributed by atoms with Gasteiger partial charge in [0.05, 0.1) is 6.10 Å². The number of likely N-dealkylation sites (tertiary alicyclic amines) is 1. The Labute approximate surface area is 93.3 Å². The van der Waals surface area contributed by atoms with Gasteiger partial charge in [0.25, 0.3) is 0 Å². The molecule has 2 N–H and O–H groups in total. The lowest BCUT2D eigenvalue weighted by Crippen LogP contribution is -2.44. The van der Waals surface area contributed by atoms with Crippen molar-refractivity contribution in [2.24, 2.45) is 0 Å². The number of hydrogen-bond acceptors (Lipinski definition) is 5. The SMILES string of the molecule is O=C1C=C(N2CCCC(O)C2)C(O)C2OC12. The smallest absolute Gasteiger partial charge is 0.189 e. The van der Waals surface area contributed by atoms with Crippen LogP contribution in [0.4, 0.5) is 0 Å². The molecule has 0 aromatic heterocycles. The van der Waals surface area contributed by atoms with Crippen molar-refractivity contribution in [2.75, 3.05) is 13.1 Å². The Kier molecular flexibility index (Phi) is 2.27. The zero-order chi connectivity index (χ0) is 11.3. The van der Waals surface area contributed by atoms with E-state index >= 15 is 0 Å². The molecule has 1 aliphatic carbocycles. The first-order chi connectivity index (χ1) is 7.66. The maximum Gasteiger partial charge on any atom is 0.189 e. The number of fused-ring (bicyclic) bond motifs is 1. The van der Waals surface area contributed by atoms with E-state index in [1.165, 1.54) is 6.08 Å². The maximum absolute atomic E-state index is 11.5. The van der Waals surface area contributed by atoms with Crippen LogP contribution in [0.3, 0.4) is 0 Å². The molecule has 2 aliphatic heterocycles. The van der Waals surface area contributed by atoms with Crippen molar-refractivity contribution in [3.05, 3.63) is 11.8 Å². The molecule has 0 bridgehead atoms. The van der Waals surface area contributed by atoms with E-state index in [2.05, 4.69) is 0 Å². The minimum absolute atomic E-state index is 0.0645. The van der Waals surface area contributed by atoms with Gasteiger partial charge in [-0.3, -0.25) is 4.79 Å². The van der Waals surface area contributed by atoms with Gasteiger partial charge >= 0.3 is 0 Å². The van der Waals surface area contributed by atoms with Crippen LogP contribution in [0.25, 0.3) is 0 Å². The summed E-state index contributed by atoms with van der Waals surface area (Å²) in [5.74, 6) is -0.0645. The van der Waals surface area contributed by atoms with Gasteiger partial charge in [-0.05, 0) is 12.8 Å². The molecule has 2 fully saturated rings. The molecule has 2 saturated heterocycles. The van der Waals surface area contributed by atoms with Crippen LogP contribution in [0.15, 0.2) is 11.8 Å². The molecule has 2 heterocycles. The number of ether oxygens (including phenoxy) is 1. The standard InChI is InChI=1S/C11H15NO4/c13-6-2-1-3-12(5-6)7-4-8(14)10-11(16-10)9(7)15/h4,6,9-11,13,15H,1-3,5H2. The molecule has 0 aromatic rings. The summed E-state index contributed by atoms with van der Waals surface area (Å²) in [4.78, 5) is 13.4. The van der Waals surface area contributed by atoms with Gasteiger partial charge in [0, 0.05) is 24.9 Å². The van der Waals surface area contributed by atoms with Crippen LogP contribution in [0.2, 0.25) is 0 Å². The Balaban J connectivity index is 1.80. The van der Waals surface area contributed by atoms with Crippen molar-refractivity contribution >= 4 is 5.78 Å². The summed E-state index contributed by atoms with van der Waals surface area (Å²) in [6.45, 7) is 1.28. The maximum atomic E-state index is 11.5. The summed E-state index contributed by atoms with van der Waals surface area (Å²) in [5, 5.41) is 19.5. The number of rotatable bonds is 1. The van der Waals surface area contributed by atoms with Crippen LogP contribution in [0.5, 0.6) is 0 Å². The fraction of sp³-hybridized carbons (Fsp3) is 0.727. The lowest BCUT2D eigenvalue weighted by Gasteiger charge is -2.36. The summed E-state index contributed by atoms with van der Waals surface area (Å²) in [6.07, 6.45) is 1.28. The van der Waals surface area contributed by atoms with Crippen molar-refractivity contribution < 1.29 is 19.7 Å². The fourth-order valence-electron chi connectivity index (χ4n) is 2.54. The molecule has 88 valence electrons. The van der Waals surface area contributed by atoms with Crippen LogP contribution in [-0.4, -0.2) is 58.4 Å². The largest absolute Gasteiger partial charge is 0.391 e. The molecule has 3 rings (SSSR count). The topological polar surface area (TPSA) is 73.3 Å². The third-order valence-electron chi connectivity index (χ3n) is 3.47. The van der Waals surface area contributed by atoms with Gasteiger partial charge in [-0.2, -0.15) is 0 Å². The highest BCUT2D eigenvalue weighted by Gasteiger charge is 2.53. The minimum Gasteiger partial charge on any atom is -0.391 e. The number of β-amino-alcohol motifs (C(OH)–C–C–N with tert-alkyl or cyclic N) is 1. The molecule has 5 nitrogen and oxygen atoms in total. The van der Waals surface area contributed by atoms with Crippen LogP contribution >= 0.6 is 0 Å². The van der Waals surface area contributed by atoms with Crippen LogP contribution < -0.4 is 0 Å². The first-order valence-corrected chi connectivity index (χ1v) is 5.69. The third kappa shape index (κ3) is 1.55. The van der Waals surface area contributed by atoms with E-state index in [4.69, 9.17) is 4.74 Å². The lowest BCUT2D eigenvalue weighted by molar-refractivity contribution is -0.116. The quantitative estimate of drug-likeness (QED) is 0.562. The molecular formula is C11H15NO4. The van der Waals surface area contributed by atoms with Gasteiger partial charge in [0.1, 0.15) is 18.3 Å². The molecule has 0 aromatic carbocycles. The molecular weight excluding hydrogens is 210 g/mol. The number of nitrogens with zero attached hydrogens (tertiary/aromatic N) is 1. The summed E-state index contributed by atoms with van der Waals surface area (Å²) in [6, 6.07) is 0. The summed E-state index contributed by atoms with van der Waals surface area (Å²) < 4.78 is 5.11. The zero-order valence-electron chi connectivity index (χ0n) is 8.87. The number of hydrogen-bond donors (Lipinski definition) is 2. The van der Waals surface area contributed by atoms with Gasteiger partial charge in [0.2, 0.25) is 0 Å². The Morgan fingerprint density at radius 3 is 3.00 bits per heavy atom. The van der Waals surface area contributed by atoms with Crippen LogP contribution in [-0.2, 0) is 9.53 Å². The highest BCUT2D eigenvalue weighted by atomic mass is 16.6. The second-order valence-corrected chi connectivity index (χ2v) is 4.68. The normalized spacial score (nSPS) is 42.8. The van der Waals surface area contributed by atoms with E-state index in [1.54, 1.807) is 0 Å². The number of carbonyl (C=O) groups excluding carboxylic acids is 1. The first-order valence-electron chi connectivity index (χ1n) is 5.69. The third-order valence-corrected chi connectivity index (χ3v) is 3.47. The van der Waals surface area contributed by atoms with Crippen molar-refractivity contribution in [2.45, 2.75) is 37.3 Å². The number of aliphatic hydroxyl groups excluding tert-OH is 2. The zero-order valence-corrected chi connectivity index (χ0v) is 8.87. The van der Waals surface area contributed by atoms with Gasteiger partial charge in [0.15, 0.2) is 5.78 Å². The van der Waals surface area contributed by atoms with E-state index in [-0.39, 0.29) is 18.0 Å². The highest BCUT2D eigenvalue weighted by molar-refractivity contribution is 5.98. The second kappa shape index (κ2) is 3.55. The van der Waals surface area contributed by atoms with E-state index in [0.29, 0.717) is 12.2 Å². The minimum atomic E-state index is -0.715. The van der Waals surface area contributed by atoms with Crippen molar-refractivity contribution in [3.63, 3.8) is 0 Å². The molecule has 3 aliphatic rings. The van der Waals surface area contributed by atoms with Gasteiger partial charge in [-0.1, -0.05) is 0 Å². The Hall–Kier alpha value is -0.910. The van der Waals surface area contributed by atoms with E-state index < -0.39 is 12.2 Å². The van der Waals surface area contributed by atoms with Gasteiger partial charge < -0.3 is 19.8 Å². The number of ketones is 1. The fourth-order valence-corrected chi connectivity index (χ4v) is 2.54. The van der Waals surface area contributed by atoms with Gasteiger partial charge in [-0.15, -0.1) is 0 Å².